The van der Waals surface area contributed by atoms with Crippen molar-refractivity contribution in [2.45, 2.75) is 32.6 Å². The van der Waals surface area contributed by atoms with Crippen LogP contribution in [-0.4, -0.2) is 31.2 Å². The third-order valence-corrected chi connectivity index (χ3v) is 6.62. The Kier molecular flexibility index (Phi) is 6.50. The van der Waals surface area contributed by atoms with E-state index in [0.29, 0.717) is 17.5 Å². The van der Waals surface area contributed by atoms with Crippen molar-refractivity contribution in [2.24, 2.45) is 5.41 Å². The van der Waals surface area contributed by atoms with Crippen LogP contribution in [0.3, 0.4) is 0 Å². The summed E-state index contributed by atoms with van der Waals surface area (Å²) in [6.45, 7) is 7.62. The quantitative estimate of drug-likeness (QED) is 0.528. The third kappa shape index (κ3) is 6.18. The number of rotatable bonds is 7. The van der Waals surface area contributed by atoms with Gasteiger partial charge >= 0.3 is 0 Å². The van der Waals surface area contributed by atoms with Gasteiger partial charge in [-0.3, -0.25) is 0 Å². The highest BCUT2D eigenvalue weighted by Gasteiger charge is 2.23. The molecule has 8 heteroatoms. The van der Waals surface area contributed by atoms with Crippen LogP contribution in [0.25, 0.3) is 0 Å². The molecule has 1 aromatic heterocycles. The first-order valence-electron chi connectivity index (χ1n) is 9.90. The van der Waals surface area contributed by atoms with Crippen molar-refractivity contribution in [2.75, 3.05) is 23.5 Å². The lowest BCUT2D eigenvalue weighted by Crippen LogP contribution is -2.20. The number of anilines is 4. The second kappa shape index (κ2) is 8.93. The van der Waals surface area contributed by atoms with Crippen molar-refractivity contribution in [3.8, 4) is 5.75 Å². The first-order valence-corrected chi connectivity index (χ1v) is 11.6. The van der Waals surface area contributed by atoms with Crippen molar-refractivity contribution < 1.29 is 13.2 Å². The fourth-order valence-electron chi connectivity index (χ4n) is 2.99. The lowest BCUT2D eigenvalue weighted by molar-refractivity contribution is 0.415. The number of aromatic nitrogens is 2. The van der Waals surface area contributed by atoms with Crippen molar-refractivity contribution in [3.05, 3.63) is 60.3 Å². The summed E-state index contributed by atoms with van der Waals surface area (Å²) in [5, 5.41) is 6.37. The van der Waals surface area contributed by atoms with E-state index in [1.54, 1.807) is 31.5 Å². The van der Waals surface area contributed by atoms with Gasteiger partial charge in [-0.2, -0.15) is 4.98 Å². The third-order valence-electron chi connectivity index (χ3n) is 4.40. The molecular weight excluding hydrogens is 412 g/mol. The van der Waals surface area contributed by atoms with E-state index in [2.05, 4.69) is 20.6 Å². The van der Waals surface area contributed by atoms with Gasteiger partial charge in [-0.25, -0.2) is 13.4 Å². The molecule has 0 atom stereocenters. The maximum Gasteiger partial charge on any atom is 0.229 e. The molecule has 2 aromatic carbocycles. The molecule has 7 nitrogen and oxygen atoms in total. The molecule has 2 N–H and O–H groups in total. The normalized spacial score (nSPS) is 11.8. The van der Waals surface area contributed by atoms with Gasteiger partial charge in [-0.15, -0.1) is 0 Å². The second-order valence-electron chi connectivity index (χ2n) is 8.55. The molecule has 0 spiro atoms. The molecule has 0 radical (unpaired) electrons. The van der Waals surface area contributed by atoms with Gasteiger partial charge in [0.1, 0.15) is 11.6 Å². The molecule has 0 bridgehead atoms. The van der Waals surface area contributed by atoms with Crippen LogP contribution in [-0.2, 0) is 9.84 Å². The van der Waals surface area contributed by atoms with Gasteiger partial charge in [0.25, 0.3) is 0 Å². The monoisotopic (exact) mass is 440 g/mol. The van der Waals surface area contributed by atoms with Crippen LogP contribution >= 0.6 is 0 Å². The standard InChI is InChI=1S/C23H28N4O3S/c1-16-14-24-22(26-17-9-11-19(30-5)12-10-17)27-21(16)25-18-7-6-8-20(13-18)31(28,29)15-23(2,3)4/h6-14H,15H2,1-5H3,(H2,24,25,26,27). The summed E-state index contributed by atoms with van der Waals surface area (Å²) < 4.78 is 30.7. The summed E-state index contributed by atoms with van der Waals surface area (Å²) in [5.41, 5.74) is 1.98. The zero-order chi connectivity index (χ0) is 22.6. The lowest BCUT2D eigenvalue weighted by atomic mass is 10.0. The number of methoxy groups -OCH3 is 1. The van der Waals surface area contributed by atoms with Crippen LogP contribution < -0.4 is 15.4 Å². The predicted molar refractivity (Wildman–Crippen MR) is 124 cm³/mol. The molecule has 1 heterocycles. The van der Waals surface area contributed by atoms with Crippen molar-refractivity contribution in [1.82, 2.24) is 9.97 Å². The van der Waals surface area contributed by atoms with Crippen molar-refractivity contribution in [3.63, 3.8) is 0 Å². The number of hydrogen-bond acceptors (Lipinski definition) is 7. The largest absolute Gasteiger partial charge is 0.497 e. The van der Waals surface area contributed by atoms with E-state index in [1.807, 2.05) is 58.0 Å². The Balaban J connectivity index is 1.82. The van der Waals surface area contributed by atoms with E-state index in [-0.39, 0.29) is 16.1 Å². The van der Waals surface area contributed by atoms with Gasteiger partial charge in [0.15, 0.2) is 9.84 Å². The molecular formula is C23H28N4O3S. The summed E-state index contributed by atoms with van der Waals surface area (Å²) >= 11 is 0. The fraction of sp³-hybridized carbons (Fsp3) is 0.304. The molecule has 0 aliphatic rings. The first kappa shape index (κ1) is 22.6. The van der Waals surface area contributed by atoms with Gasteiger partial charge in [0.05, 0.1) is 17.8 Å². The Hall–Kier alpha value is -3.13. The van der Waals surface area contributed by atoms with Gasteiger partial charge in [-0.1, -0.05) is 26.8 Å². The lowest BCUT2D eigenvalue weighted by Gasteiger charge is -2.18. The highest BCUT2D eigenvalue weighted by Crippen LogP contribution is 2.26. The molecule has 3 rings (SSSR count). The van der Waals surface area contributed by atoms with Crippen LogP contribution in [0.2, 0.25) is 0 Å². The molecule has 0 aliphatic carbocycles. The van der Waals surface area contributed by atoms with E-state index in [0.717, 1.165) is 17.0 Å². The predicted octanol–water partition coefficient (Wildman–Crippen LogP) is 5.10. The molecule has 0 aliphatic heterocycles. The molecule has 31 heavy (non-hydrogen) atoms. The number of aryl methyl sites for hydroxylation is 1. The van der Waals surface area contributed by atoms with Crippen LogP contribution in [0.1, 0.15) is 26.3 Å². The number of sulfone groups is 1. The molecule has 164 valence electrons. The second-order valence-corrected chi connectivity index (χ2v) is 10.5. The average Bonchev–Trinajstić information content (AvgIpc) is 2.69. The molecule has 0 unspecified atom stereocenters. The molecule has 0 fully saturated rings. The Bertz CT molecular complexity index is 1150. The summed E-state index contributed by atoms with van der Waals surface area (Å²) in [7, 11) is -1.77. The summed E-state index contributed by atoms with van der Waals surface area (Å²) in [6, 6.07) is 14.2. The van der Waals surface area contributed by atoms with Crippen molar-refractivity contribution >= 4 is 33.0 Å². The maximum absolute atomic E-state index is 12.8. The van der Waals surface area contributed by atoms with Gasteiger partial charge in [0.2, 0.25) is 5.95 Å². The first-order chi connectivity index (χ1) is 14.6. The topological polar surface area (TPSA) is 93.2 Å². The Morgan fingerprint density at radius 1 is 1.00 bits per heavy atom. The van der Waals surface area contributed by atoms with E-state index in [4.69, 9.17) is 4.74 Å². The Labute approximate surface area is 183 Å². The van der Waals surface area contributed by atoms with Crippen LogP contribution in [0, 0.1) is 12.3 Å². The SMILES string of the molecule is COc1ccc(Nc2ncc(C)c(Nc3cccc(S(=O)(=O)CC(C)(C)C)c3)n2)cc1. The van der Waals surface area contributed by atoms with E-state index < -0.39 is 9.84 Å². The number of nitrogens with one attached hydrogen (secondary N) is 2. The summed E-state index contributed by atoms with van der Waals surface area (Å²) in [6.07, 6.45) is 1.71. The van der Waals surface area contributed by atoms with Gasteiger partial charge < -0.3 is 15.4 Å². The van der Waals surface area contributed by atoms with Crippen molar-refractivity contribution in [1.29, 1.82) is 0 Å². The fourth-order valence-corrected chi connectivity index (χ4v) is 4.89. The van der Waals surface area contributed by atoms with E-state index in [1.165, 1.54) is 0 Å². The van der Waals surface area contributed by atoms with Crippen LogP contribution in [0.15, 0.2) is 59.6 Å². The Morgan fingerprint density at radius 2 is 1.71 bits per heavy atom. The smallest absolute Gasteiger partial charge is 0.229 e. The van der Waals surface area contributed by atoms with Gasteiger partial charge in [0, 0.05) is 23.1 Å². The molecule has 3 aromatic rings. The number of ether oxygens (including phenoxy) is 1. The van der Waals surface area contributed by atoms with Gasteiger partial charge in [-0.05, 0) is 54.8 Å². The summed E-state index contributed by atoms with van der Waals surface area (Å²) in [4.78, 5) is 9.16. The highest BCUT2D eigenvalue weighted by molar-refractivity contribution is 7.91. The minimum absolute atomic E-state index is 0.0753. The van der Waals surface area contributed by atoms with E-state index >= 15 is 0 Å². The van der Waals surface area contributed by atoms with E-state index in [9.17, 15) is 8.42 Å². The average molecular weight is 441 g/mol. The number of benzene rings is 2. The molecule has 0 saturated carbocycles. The zero-order valence-electron chi connectivity index (χ0n) is 18.4. The summed E-state index contributed by atoms with van der Waals surface area (Å²) in [5.74, 6) is 1.86. The molecule has 0 amide bonds. The Morgan fingerprint density at radius 3 is 2.35 bits per heavy atom. The van der Waals surface area contributed by atoms with Crippen LogP contribution in [0.4, 0.5) is 23.1 Å². The minimum Gasteiger partial charge on any atom is -0.497 e. The zero-order valence-corrected chi connectivity index (χ0v) is 19.2. The van der Waals surface area contributed by atoms with Crippen LogP contribution in [0.5, 0.6) is 5.75 Å². The number of nitrogens with zero attached hydrogens (tertiary/aromatic N) is 2. The maximum atomic E-state index is 12.8. The highest BCUT2D eigenvalue weighted by atomic mass is 32.2. The number of hydrogen-bond donors (Lipinski definition) is 2. The minimum atomic E-state index is -3.39. The molecule has 0 saturated heterocycles.